The lowest BCUT2D eigenvalue weighted by Crippen LogP contribution is -2.68. The van der Waals surface area contributed by atoms with E-state index in [9.17, 15) is 76.0 Å². The van der Waals surface area contributed by atoms with Gasteiger partial charge in [0, 0.05) is 0 Å². The van der Waals surface area contributed by atoms with Gasteiger partial charge in [-0.05, 0) is 116 Å². The van der Waals surface area contributed by atoms with Gasteiger partial charge in [-0.3, -0.25) is 4.79 Å². The molecule has 4 saturated carbocycles. The van der Waals surface area contributed by atoms with Crippen LogP contribution in [0.4, 0.5) is 0 Å². The van der Waals surface area contributed by atoms with Gasteiger partial charge in [-0.25, -0.2) is 4.79 Å². The number of ether oxygens (including phenoxy) is 8. The Balaban J connectivity index is 1.00. The summed E-state index contributed by atoms with van der Waals surface area (Å²) in [5.41, 5.74) is -1.46. The van der Waals surface area contributed by atoms with E-state index in [1.165, 1.54) is 12.5 Å². The first-order valence-corrected chi connectivity index (χ1v) is 27.7. The Morgan fingerprint density at radius 3 is 1.75 bits per heavy atom. The summed E-state index contributed by atoms with van der Waals surface area (Å²) in [7, 11) is 0. The normalized spacial score (nSPS) is 53.4. The smallest absolute Gasteiger partial charge is 0.335 e. The summed E-state index contributed by atoms with van der Waals surface area (Å²) >= 11 is 0. The van der Waals surface area contributed by atoms with E-state index < -0.39 is 165 Å². The van der Waals surface area contributed by atoms with Crippen molar-refractivity contribution in [3.05, 3.63) is 11.6 Å². The van der Waals surface area contributed by atoms with Gasteiger partial charge in [0.2, 0.25) is 6.29 Å². The zero-order valence-electron chi connectivity index (χ0n) is 45.3. The predicted molar refractivity (Wildman–Crippen MR) is 262 cm³/mol. The van der Waals surface area contributed by atoms with Crippen LogP contribution in [0.5, 0.6) is 0 Å². The SMILES string of the molecule is CC1OC(OC2C(O)C(C(=O)O)OC(OC3CCC4(C)C(CCC5(C)C4CC=C4C6CC(C)(C)CCC6(C(=O)OC6OC(CO)C(O)C(O)C6O)CC[C@]45C)C3(C)C)C2OC2OC(CO)C(O)C(O)C2O)C(O)C(O)C1O. The maximum atomic E-state index is 14.8. The van der Waals surface area contributed by atoms with Crippen molar-refractivity contribution in [2.45, 2.75) is 249 Å². The molecule has 0 aromatic carbocycles. The topological polar surface area (TPSA) is 371 Å². The monoisotopic (exact) mass is 1100 g/mol. The lowest BCUT2D eigenvalue weighted by atomic mass is 9.33. The van der Waals surface area contributed by atoms with E-state index in [1.807, 2.05) is 0 Å². The number of allylic oxidation sites excluding steroid dienone is 2. The van der Waals surface area contributed by atoms with Crippen molar-refractivity contribution in [3.8, 4) is 0 Å². The van der Waals surface area contributed by atoms with Gasteiger partial charge in [0.05, 0.1) is 30.8 Å². The number of hydrogen-bond donors (Lipinski definition) is 13. The third kappa shape index (κ3) is 9.66. The second kappa shape index (κ2) is 21.3. The Labute approximate surface area is 448 Å². The second-order valence-corrected chi connectivity index (χ2v) is 26.3. The Kier molecular flexibility index (Phi) is 16.5. The van der Waals surface area contributed by atoms with E-state index in [4.69, 9.17) is 37.9 Å². The number of carbonyl (C=O) groups is 2. The third-order valence-electron chi connectivity index (χ3n) is 21.4. The minimum atomic E-state index is -2.10. The van der Waals surface area contributed by atoms with E-state index in [-0.39, 0.29) is 39.4 Å². The molecule has 4 aliphatic heterocycles. The van der Waals surface area contributed by atoms with Gasteiger partial charge in [0.1, 0.15) is 85.5 Å². The van der Waals surface area contributed by atoms with Crippen LogP contribution in [0.3, 0.4) is 0 Å². The molecule has 0 amide bonds. The molecule has 0 aromatic heterocycles. The number of hydrogen-bond acceptors (Lipinski definition) is 22. The van der Waals surface area contributed by atoms with Gasteiger partial charge in [-0.1, -0.05) is 60.1 Å². The molecule has 13 N–H and O–H groups in total. The molecular formula is C54H86O23. The van der Waals surface area contributed by atoms with Crippen LogP contribution < -0.4 is 0 Å². The largest absolute Gasteiger partial charge is 0.479 e. The summed E-state index contributed by atoms with van der Waals surface area (Å²) in [6.07, 6.45) is -26.3. The van der Waals surface area contributed by atoms with E-state index in [2.05, 4.69) is 54.5 Å². The van der Waals surface area contributed by atoms with E-state index in [0.29, 0.717) is 44.9 Å². The van der Waals surface area contributed by atoms with Gasteiger partial charge < -0.3 is 104 Å². The molecule has 440 valence electrons. The number of aliphatic hydroxyl groups is 12. The molecule has 8 fully saturated rings. The van der Waals surface area contributed by atoms with Gasteiger partial charge >= 0.3 is 11.9 Å². The molecule has 9 aliphatic rings. The summed E-state index contributed by atoms with van der Waals surface area (Å²) in [4.78, 5) is 27.7. The molecule has 5 aliphatic carbocycles. The number of carboxylic acid groups (broad SMARTS) is 1. The summed E-state index contributed by atoms with van der Waals surface area (Å²) < 4.78 is 48.5. The number of esters is 1. The lowest BCUT2D eigenvalue weighted by molar-refractivity contribution is -0.395. The maximum absolute atomic E-state index is 14.8. The van der Waals surface area contributed by atoms with Crippen LogP contribution in [0.15, 0.2) is 11.6 Å². The van der Waals surface area contributed by atoms with Crippen molar-refractivity contribution in [3.63, 3.8) is 0 Å². The molecule has 0 spiro atoms. The van der Waals surface area contributed by atoms with Gasteiger partial charge in [-0.15, -0.1) is 0 Å². The molecule has 0 bridgehead atoms. The number of aliphatic hydroxyl groups excluding tert-OH is 12. The fraction of sp³-hybridized carbons (Fsp3) is 0.926. The van der Waals surface area contributed by atoms with Crippen LogP contribution in [0.25, 0.3) is 0 Å². The van der Waals surface area contributed by atoms with Crippen molar-refractivity contribution in [2.75, 3.05) is 13.2 Å². The van der Waals surface area contributed by atoms with Gasteiger partial charge in [0.25, 0.3) is 0 Å². The molecule has 4 heterocycles. The highest BCUT2D eigenvalue weighted by Gasteiger charge is 2.70. The molecule has 23 nitrogen and oxygen atoms in total. The Bertz CT molecular complexity index is 2180. The Morgan fingerprint density at radius 1 is 0.584 bits per heavy atom. The van der Waals surface area contributed by atoms with E-state index >= 15 is 0 Å². The molecule has 0 radical (unpaired) electrons. The molecule has 77 heavy (non-hydrogen) atoms. The molecule has 4 saturated heterocycles. The number of aliphatic carboxylic acids is 1. The minimum Gasteiger partial charge on any atom is -0.479 e. The first-order valence-electron chi connectivity index (χ1n) is 27.7. The summed E-state index contributed by atoms with van der Waals surface area (Å²) in [5.74, 6) is -2.23. The molecule has 0 aromatic rings. The van der Waals surface area contributed by atoms with E-state index in [1.54, 1.807) is 0 Å². The van der Waals surface area contributed by atoms with Crippen molar-refractivity contribution >= 4 is 11.9 Å². The fourth-order valence-corrected chi connectivity index (χ4v) is 16.4. The second-order valence-electron chi connectivity index (χ2n) is 26.3. The standard InChI is InChI=1S/C54H86O23/c1-22-30(57)33(60)36(63)44(70-22)74-40-39(66)41(43(67)68)75-47(42(40)76-45-37(64)34(61)31(58)25(20-55)71-45)73-29-12-13-51(6)27(50(29,4)5)11-14-53(8)28(51)10-9-23-24-19-49(2,3)15-17-54(24,18-16-52(23,53)7)48(69)77-46-38(65)35(62)32(59)26(21-56)72-46/h9,22,24-42,44-47,55-66H,10-21H2,1-8H3,(H,67,68)/t22?,24?,25?,26?,27?,28?,29?,30?,31?,32?,33?,34?,35?,36?,37?,38?,39?,40?,41?,42?,44?,45?,46?,47?,51?,52-,53?,54?/m1/s1. The molecule has 23 heteroatoms. The van der Waals surface area contributed by atoms with Crippen molar-refractivity contribution < 1.29 is 114 Å². The summed E-state index contributed by atoms with van der Waals surface area (Å²) in [6, 6.07) is 0. The summed E-state index contributed by atoms with van der Waals surface area (Å²) in [5, 5.41) is 139. The van der Waals surface area contributed by atoms with E-state index in [0.717, 1.165) is 19.3 Å². The zero-order chi connectivity index (χ0) is 56.4. The number of carboxylic acids is 1. The van der Waals surface area contributed by atoms with Crippen LogP contribution in [0.2, 0.25) is 0 Å². The summed E-state index contributed by atoms with van der Waals surface area (Å²) in [6.45, 7) is 15.6. The Hall–Kier alpha value is -2.08. The van der Waals surface area contributed by atoms with Crippen molar-refractivity contribution in [2.24, 2.45) is 50.2 Å². The van der Waals surface area contributed by atoms with Crippen LogP contribution in [-0.2, 0) is 47.5 Å². The maximum Gasteiger partial charge on any atom is 0.335 e. The first kappa shape index (κ1) is 59.5. The number of fused-ring (bicyclic) bond motifs is 7. The average Bonchev–Trinajstić information content (AvgIpc) is 3.43. The fourth-order valence-electron chi connectivity index (χ4n) is 16.4. The lowest BCUT2D eigenvalue weighted by Gasteiger charge is -2.71. The highest BCUT2D eigenvalue weighted by Crippen LogP contribution is 2.76. The molecule has 28 atom stereocenters. The minimum absolute atomic E-state index is 0.00307. The zero-order valence-corrected chi connectivity index (χ0v) is 45.3. The van der Waals surface area contributed by atoms with Crippen molar-refractivity contribution in [1.29, 1.82) is 0 Å². The van der Waals surface area contributed by atoms with Crippen LogP contribution in [-0.4, -0.2) is 220 Å². The van der Waals surface area contributed by atoms with Crippen LogP contribution in [0.1, 0.15) is 120 Å². The molecule has 27 unspecified atom stereocenters. The third-order valence-corrected chi connectivity index (χ3v) is 21.4. The van der Waals surface area contributed by atoms with Crippen molar-refractivity contribution in [1.82, 2.24) is 0 Å². The van der Waals surface area contributed by atoms with Crippen LogP contribution >= 0.6 is 0 Å². The number of rotatable bonds is 11. The molecule has 9 rings (SSSR count). The van der Waals surface area contributed by atoms with Gasteiger partial charge in [0.15, 0.2) is 25.0 Å². The van der Waals surface area contributed by atoms with Gasteiger partial charge in [-0.2, -0.15) is 0 Å². The highest BCUT2D eigenvalue weighted by molar-refractivity contribution is 5.79. The number of carbonyl (C=O) groups excluding carboxylic acids is 1. The Morgan fingerprint density at radius 2 is 1.14 bits per heavy atom. The quantitative estimate of drug-likeness (QED) is 0.0676. The predicted octanol–water partition coefficient (Wildman–Crippen LogP) is -0.915. The average molecular weight is 1100 g/mol. The molecular weight excluding hydrogens is 1020 g/mol. The first-order chi connectivity index (χ1) is 35.9. The van der Waals surface area contributed by atoms with Crippen LogP contribution in [0, 0.1) is 50.2 Å². The highest BCUT2D eigenvalue weighted by atomic mass is 16.8.